The van der Waals surface area contributed by atoms with Crippen LogP contribution < -0.4 is 10.1 Å². The standard InChI is InChI=1S/C31H33N7O5S3/c1-36-28(19-32-30(40)22-9-13-24(14-10-22)46(41,42)37-15-3-4-16-37)33-34-31(36)45-20-29(39)38-26(21-7-11-23(43-2)12-8-21)18-25(35-38)27-6-5-17-44-27/h5-14,17,26H,3-4,15-16,18-20H2,1-2H3,(H,32,40)/t26-/m1/s1. The van der Waals surface area contributed by atoms with Gasteiger partial charge in [-0.1, -0.05) is 30.0 Å². The van der Waals surface area contributed by atoms with Crippen LogP contribution in [0.3, 0.4) is 0 Å². The van der Waals surface area contributed by atoms with Crippen molar-refractivity contribution >= 4 is 50.6 Å². The third kappa shape index (κ3) is 6.72. The van der Waals surface area contributed by atoms with Crippen LogP contribution in [0.2, 0.25) is 0 Å². The van der Waals surface area contributed by atoms with E-state index in [9.17, 15) is 18.0 Å². The Morgan fingerprint density at radius 3 is 2.46 bits per heavy atom. The van der Waals surface area contributed by atoms with Crippen molar-refractivity contribution in [3.63, 3.8) is 0 Å². The Balaban J connectivity index is 1.07. The highest BCUT2D eigenvalue weighted by Gasteiger charge is 2.34. The predicted octanol–water partition coefficient (Wildman–Crippen LogP) is 4.07. The van der Waals surface area contributed by atoms with E-state index >= 15 is 0 Å². The fourth-order valence-corrected chi connectivity index (χ4v) is 8.37. The van der Waals surface area contributed by atoms with Gasteiger partial charge in [-0.05, 0) is 66.2 Å². The summed E-state index contributed by atoms with van der Waals surface area (Å²) in [6, 6.07) is 17.3. The van der Waals surface area contributed by atoms with Gasteiger partial charge in [-0.15, -0.1) is 21.5 Å². The number of rotatable bonds is 11. The van der Waals surface area contributed by atoms with E-state index in [2.05, 4.69) is 15.5 Å². The molecule has 1 fully saturated rings. The number of hydrazone groups is 1. The molecule has 1 N–H and O–H groups in total. The second-order valence-electron chi connectivity index (χ2n) is 10.8. The molecule has 6 rings (SSSR count). The van der Waals surface area contributed by atoms with E-state index in [1.54, 1.807) is 35.1 Å². The second-order valence-corrected chi connectivity index (χ2v) is 14.6. The lowest BCUT2D eigenvalue weighted by Crippen LogP contribution is -2.28. The van der Waals surface area contributed by atoms with Crippen LogP contribution in [0.15, 0.2) is 81.2 Å². The van der Waals surface area contributed by atoms with Gasteiger partial charge in [-0.25, -0.2) is 13.4 Å². The molecule has 4 heterocycles. The molecule has 46 heavy (non-hydrogen) atoms. The monoisotopic (exact) mass is 679 g/mol. The minimum absolute atomic E-state index is 0.0961. The van der Waals surface area contributed by atoms with Crippen LogP contribution in [0.4, 0.5) is 0 Å². The summed E-state index contributed by atoms with van der Waals surface area (Å²) in [5.41, 5.74) is 2.17. The number of carbonyl (C=O) groups is 2. The average Bonchev–Trinajstić information content (AvgIpc) is 3.90. The summed E-state index contributed by atoms with van der Waals surface area (Å²) < 4.78 is 34.1. The molecule has 0 radical (unpaired) electrons. The molecule has 1 saturated heterocycles. The van der Waals surface area contributed by atoms with Crippen LogP contribution in [0.25, 0.3) is 0 Å². The van der Waals surface area contributed by atoms with Crippen molar-refractivity contribution in [3.05, 3.63) is 87.9 Å². The second kappa shape index (κ2) is 13.7. The number of carbonyl (C=O) groups excluding carboxylic acids is 2. The highest BCUT2D eigenvalue weighted by Crippen LogP contribution is 2.35. The lowest BCUT2D eigenvalue weighted by molar-refractivity contribution is -0.130. The number of thioether (sulfide) groups is 1. The van der Waals surface area contributed by atoms with Crippen molar-refractivity contribution < 1.29 is 22.7 Å². The lowest BCUT2D eigenvalue weighted by atomic mass is 10.0. The Morgan fingerprint density at radius 2 is 1.78 bits per heavy atom. The molecule has 0 unspecified atom stereocenters. The topological polar surface area (TPSA) is 139 Å². The van der Waals surface area contributed by atoms with Crippen molar-refractivity contribution in [2.75, 3.05) is 26.0 Å². The van der Waals surface area contributed by atoms with E-state index in [0.29, 0.717) is 36.1 Å². The first kappa shape index (κ1) is 31.9. The molecular formula is C31H33N7O5S3. The lowest BCUT2D eigenvalue weighted by Gasteiger charge is -2.22. The van der Waals surface area contributed by atoms with Gasteiger partial charge in [0.2, 0.25) is 10.0 Å². The van der Waals surface area contributed by atoms with E-state index in [4.69, 9.17) is 9.84 Å². The number of amides is 2. The Hall–Kier alpha value is -4.05. The van der Waals surface area contributed by atoms with Gasteiger partial charge < -0.3 is 14.6 Å². The maximum atomic E-state index is 13.5. The smallest absolute Gasteiger partial charge is 0.253 e. The Labute approximate surface area is 275 Å². The summed E-state index contributed by atoms with van der Waals surface area (Å²) >= 11 is 2.84. The quantitative estimate of drug-likeness (QED) is 0.234. The van der Waals surface area contributed by atoms with E-state index in [0.717, 1.165) is 34.7 Å². The SMILES string of the molecule is COc1ccc([C@H]2CC(c3cccs3)=NN2C(=O)CSc2nnc(CNC(=O)c3ccc(S(=O)(=O)N4CCCC4)cc3)n2C)cc1. The maximum Gasteiger partial charge on any atom is 0.253 e. The highest BCUT2D eigenvalue weighted by molar-refractivity contribution is 7.99. The molecule has 12 nitrogen and oxygen atoms in total. The van der Waals surface area contributed by atoms with E-state index in [1.165, 1.54) is 40.3 Å². The Kier molecular flexibility index (Phi) is 9.54. The van der Waals surface area contributed by atoms with Crippen LogP contribution in [0.1, 0.15) is 51.9 Å². The first-order valence-corrected chi connectivity index (χ1v) is 18.0. The van der Waals surface area contributed by atoms with Crippen LogP contribution in [0.5, 0.6) is 5.75 Å². The van der Waals surface area contributed by atoms with Crippen LogP contribution >= 0.6 is 23.1 Å². The van der Waals surface area contributed by atoms with Gasteiger partial charge >= 0.3 is 0 Å². The third-order valence-corrected chi connectivity index (χ3v) is 11.8. The van der Waals surface area contributed by atoms with Gasteiger partial charge in [0, 0.05) is 32.1 Å². The first-order chi connectivity index (χ1) is 22.2. The summed E-state index contributed by atoms with van der Waals surface area (Å²) in [6.07, 6.45) is 2.31. The number of hydrogen-bond donors (Lipinski definition) is 1. The summed E-state index contributed by atoms with van der Waals surface area (Å²) in [6.45, 7) is 1.14. The molecule has 0 saturated carbocycles. The van der Waals surface area contributed by atoms with Gasteiger partial charge in [-0.3, -0.25) is 9.59 Å². The van der Waals surface area contributed by atoms with Crippen molar-refractivity contribution in [1.29, 1.82) is 0 Å². The number of methoxy groups -OCH3 is 1. The third-order valence-electron chi connectivity index (χ3n) is 7.95. The summed E-state index contributed by atoms with van der Waals surface area (Å²) in [4.78, 5) is 27.5. The molecular weight excluding hydrogens is 647 g/mol. The molecule has 1 atom stereocenters. The predicted molar refractivity (Wildman–Crippen MR) is 175 cm³/mol. The number of nitrogens with zero attached hydrogens (tertiary/aromatic N) is 6. The van der Waals surface area contributed by atoms with Crippen LogP contribution in [0, 0.1) is 0 Å². The van der Waals surface area contributed by atoms with Crippen molar-refractivity contribution in [2.24, 2.45) is 12.1 Å². The number of hydrogen-bond acceptors (Lipinski definition) is 10. The molecule has 0 spiro atoms. The molecule has 240 valence electrons. The Morgan fingerprint density at radius 1 is 1.04 bits per heavy atom. The molecule has 2 amide bonds. The number of thiophene rings is 1. The first-order valence-electron chi connectivity index (χ1n) is 14.7. The molecule has 0 bridgehead atoms. The number of aromatic nitrogens is 3. The highest BCUT2D eigenvalue weighted by atomic mass is 32.2. The number of sulfonamides is 1. The summed E-state index contributed by atoms with van der Waals surface area (Å²) in [5.74, 6) is 0.816. The van der Waals surface area contributed by atoms with E-state index in [1.807, 2.05) is 41.8 Å². The van der Waals surface area contributed by atoms with Crippen LogP contribution in [-0.2, 0) is 28.4 Å². The minimum atomic E-state index is -3.55. The van der Waals surface area contributed by atoms with Crippen LogP contribution in [-0.4, -0.2) is 76.0 Å². The van der Waals surface area contributed by atoms with Gasteiger partial charge in [0.15, 0.2) is 11.0 Å². The molecule has 15 heteroatoms. The van der Waals surface area contributed by atoms with Crippen molar-refractivity contribution in [1.82, 2.24) is 29.4 Å². The number of ether oxygens (including phenoxy) is 1. The van der Waals surface area contributed by atoms with E-state index in [-0.39, 0.29) is 35.0 Å². The fourth-order valence-electron chi connectivity index (χ4n) is 5.35. The summed E-state index contributed by atoms with van der Waals surface area (Å²) in [5, 5.41) is 20.0. The number of nitrogens with one attached hydrogen (secondary N) is 1. The van der Waals surface area contributed by atoms with Crippen molar-refractivity contribution in [2.45, 2.75) is 41.9 Å². The zero-order chi connectivity index (χ0) is 32.3. The zero-order valence-electron chi connectivity index (χ0n) is 25.3. The molecule has 4 aromatic rings. The largest absolute Gasteiger partial charge is 0.497 e. The molecule has 0 aliphatic carbocycles. The van der Waals surface area contributed by atoms with Gasteiger partial charge in [0.1, 0.15) is 5.75 Å². The molecule has 2 aliphatic heterocycles. The normalized spacial score (nSPS) is 16.9. The molecule has 2 aromatic heterocycles. The molecule has 2 aromatic carbocycles. The van der Waals surface area contributed by atoms with Gasteiger partial charge in [-0.2, -0.15) is 9.41 Å². The molecule has 2 aliphatic rings. The summed E-state index contributed by atoms with van der Waals surface area (Å²) in [7, 11) is -0.160. The minimum Gasteiger partial charge on any atom is -0.497 e. The van der Waals surface area contributed by atoms with E-state index < -0.39 is 10.0 Å². The average molecular weight is 680 g/mol. The number of benzene rings is 2. The zero-order valence-corrected chi connectivity index (χ0v) is 27.8. The Bertz CT molecular complexity index is 1830. The van der Waals surface area contributed by atoms with Gasteiger partial charge in [0.05, 0.1) is 40.9 Å². The fraction of sp³-hybridized carbons (Fsp3) is 0.323. The maximum absolute atomic E-state index is 13.5. The van der Waals surface area contributed by atoms with Gasteiger partial charge in [0.25, 0.3) is 11.8 Å². The van der Waals surface area contributed by atoms with Crippen molar-refractivity contribution in [3.8, 4) is 5.75 Å².